The molecule has 4 nitrogen and oxygen atoms in total. The Morgan fingerprint density at radius 2 is 2.05 bits per heavy atom. The molecule has 0 heterocycles. The van der Waals surface area contributed by atoms with Crippen LogP contribution in [0.3, 0.4) is 0 Å². The van der Waals surface area contributed by atoms with Crippen LogP contribution < -0.4 is 0 Å². The number of aryl methyl sites for hydroxylation is 2. The van der Waals surface area contributed by atoms with E-state index in [0.29, 0.717) is 6.61 Å². The molecule has 1 aromatic rings. The number of rotatable bonds is 6. The van der Waals surface area contributed by atoms with E-state index in [1.807, 2.05) is 25.2 Å². The molecule has 1 aromatic carbocycles. The van der Waals surface area contributed by atoms with Crippen LogP contribution in [0.5, 0.6) is 0 Å². The van der Waals surface area contributed by atoms with Crippen LogP contribution in [0.1, 0.15) is 37.5 Å². The van der Waals surface area contributed by atoms with Gasteiger partial charge in [0.1, 0.15) is 0 Å². The lowest BCUT2D eigenvalue weighted by molar-refractivity contribution is 0.180. The van der Waals surface area contributed by atoms with E-state index < -0.39 is 0 Å². The Morgan fingerprint density at radius 1 is 1.32 bits per heavy atom. The Labute approximate surface area is 133 Å². The summed E-state index contributed by atoms with van der Waals surface area (Å²) in [7, 11) is 2.01. The van der Waals surface area contributed by atoms with Gasteiger partial charge < -0.3 is 9.74 Å². The summed E-state index contributed by atoms with van der Waals surface area (Å²) >= 11 is 0. The molecule has 0 bridgehead atoms. The second kappa shape index (κ2) is 8.89. The SMILES string of the molecule is CC#CCO/N=C(\C)c1cc(C)c(N=CN(C)CC)cc1C. The van der Waals surface area contributed by atoms with E-state index in [0.717, 1.165) is 34.6 Å². The van der Waals surface area contributed by atoms with Gasteiger partial charge >= 0.3 is 0 Å². The number of hydrogen-bond acceptors (Lipinski definition) is 3. The first-order chi connectivity index (χ1) is 10.5. The van der Waals surface area contributed by atoms with E-state index in [4.69, 9.17) is 4.84 Å². The summed E-state index contributed by atoms with van der Waals surface area (Å²) in [6, 6.07) is 4.18. The van der Waals surface area contributed by atoms with Gasteiger partial charge in [-0.2, -0.15) is 0 Å². The van der Waals surface area contributed by atoms with Crippen molar-refractivity contribution in [1.82, 2.24) is 4.90 Å². The van der Waals surface area contributed by atoms with Gasteiger partial charge in [0.15, 0.2) is 6.61 Å². The van der Waals surface area contributed by atoms with Crippen molar-refractivity contribution in [3.63, 3.8) is 0 Å². The van der Waals surface area contributed by atoms with Crippen molar-refractivity contribution >= 4 is 17.7 Å². The van der Waals surface area contributed by atoms with Gasteiger partial charge in [-0.1, -0.05) is 11.1 Å². The molecule has 0 amide bonds. The predicted octanol–water partition coefficient (Wildman–Crippen LogP) is 3.68. The van der Waals surface area contributed by atoms with Gasteiger partial charge in [0.05, 0.1) is 17.7 Å². The number of aliphatic imine (C=N–C) groups is 1. The van der Waals surface area contributed by atoms with E-state index in [-0.39, 0.29) is 0 Å². The number of benzene rings is 1. The second-order valence-corrected chi connectivity index (χ2v) is 5.15. The standard InChI is InChI=1S/C18H25N3O/c1-7-9-10-22-20-16(5)17-11-15(4)18(12-14(17)3)19-13-21(6)8-2/h11-13H,8,10H2,1-6H3/b19-13?,20-16+. The lowest BCUT2D eigenvalue weighted by atomic mass is 10.0. The molecule has 0 radical (unpaired) electrons. The van der Waals surface area contributed by atoms with Crippen LogP contribution in [0.4, 0.5) is 5.69 Å². The predicted molar refractivity (Wildman–Crippen MR) is 94.0 cm³/mol. The molecule has 22 heavy (non-hydrogen) atoms. The third-order valence-corrected chi connectivity index (χ3v) is 3.34. The maximum absolute atomic E-state index is 5.19. The molecule has 0 fully saturated rings. The van der Waals surface area contributed by atoms with Crippen molar-refractivity contribution in [2.24, 2.45) is 10.1 Å². The molecule has 0 atom stereocenters. The molecule has 0 aliphatic carbocycles. The third kappa shape index (κ3) is 5.25. The smallest absolute Gasteiger partial charge is 0.177 e. The van der Waals surface area contributed by atoms with Crippen LogP contribution in [-0.4, -0.2) is 37.1 Å². The van der Waals surface area contributed by atoms with Gasteiger partial charge in [0, 0.05) is 19.2 Å². The van der Waals surface area contributed by atoms with Crippen molar-refractivity contribution in [1.29, 1.82) is 0 Å². The summed E-state index contributed by atoms with van der Waals surface area (Å²) < 4.78 is 0. The van der Waals surface area contributed by atoms with Crippen LogP contribution in [0.2, 0.25) is 0 Å². The summed E-state index contributed by atoms with van der Waals surface area (Å²) in [5.74, 6) is 5.59. The van der Waals surface area contributed by atoms with Gasteiger partial charge in [-0.15, -0.1) is 5.92 Å². The van der Waals surface area contributed by atoms with E-state index in [1.54, 1.807) is 6.92 Å². The average Bonchev–Trinajstić information content (AvgIpc) is 2.51. The fourth-order valence-electron chi connectivity index (χ4n) is 1.85. The van der Waals surface area contributed by atoms with Gasteiger partial charge in [-0.25, -0.2) is 4.99 Å². The first kappa shape index (κ1) is 17.8. The minimum atomic E-state index is 0.317. The molecule has 0 saturated carbocycles. The minimum absolute atomic E-state index is 0.317. The zero-order valence-electron chi connectivity index (χ0n) is 14.4. The second-order valence-electron chi connectivity index (χ2n) is 5.15. The third-order valence-electron chi connectivity index (χ3n) is 3.34. The highest BCUT2D eigenvalue weighted by atomic mass is 16.6. The number of hydrogen-bond donors (Lipinski definition) is 0. The Balaban J connectivity index is 2.97. The van der Waals surface area contributed by atoms with Gasteiger partial charge in [0.25, 0.3) is 0 Å². The molecule has 0 N–H and O–H groups in total. The molecule has 118 valence electrons. The van der Waals surface area contributed by atoms with Gasteiger partial charge in [0.2, 0.25) is 0 Å². The molecule has 0 saturated heterocycles. The number of oxime groups is 1. The molecular weight excluding hydrogens is 274 g/mol. The quantitative estimate of drug-likeness (QED) is 0.264. The highest BCUT2D eigenvalue weighted by molar-refractivity contribution is 6.00. The van der Waals surface area contributed by atoms with Crippen molar-refractivity contribution < 1.29 is 4.84 Å². The molecule has 0 aliphatic heterocycles. The molecule has 0 aliphatic rings. The lowest BCUT2D eigenvalue weighted by Gasteiger charge is -2.11. The van der Waals surface area contributed by atoms with E-state index in [9.17, 15) is 0 Å². The molecule has 0 spiro atoms. The highest BCUT2D eigenvalue weighted by Crippen LogP contribution is 2.23. The van der Waals surface area contributed by atoms with Gasteiger partial charge in [-0.3, -0.25) is 0 Å². The van der Waals surface area contributed by atoms with Crippen LogP contribution in [0, 0.1) is 25.7 Å². The Kier molecular flexibility index (Phi) is 7.18. The summed E-state index contributed by atoms with van der Waals surface area (Å²) in [5, 5.41) is 4.12. The zero-order valence-corrected chi connectivity index (χ0v) is 14.4. The fourth-order valence-corrected chi connectivity index (χ4v) is 1.85. The van der Waals surface area contributed by atoms with E-state index >= 15 is 0 Å². The van der Waals surface area contributed by atoms with Crippen molar-refractivity contribution in [2.75, 3.05) is 20.2 Å². The number of nitrogens with zero attached hydrogens (tertiary/aromatic N) is 3. The van der Waals surface area contributed by atoms with Crippen molar-refractivity contribution in [2.45, 2.75) is 34.6 Å². The monoisotopic (exact) mass is 299 g/mol. The first-order valence-corrected chi connectivity index (χ1v) is 7.41. The molecular formula is C18H25N3O. The summed E-state index contributed by atoms with van der Waals surface area (Å²) in [6.45, 7) is 11.2. The molecule has 0 unspecified atom stereocenters. The van der Waals surface area contributed by atoms with Crippen LogP contribution in [0.15, 0.2) is 22.3 Å². The van der Waals surface area contributed by atoms with E-state index in [2.05, 4.69) is 54.9 Å². The Bertz CT molecular complexity index is 621. The normalized spacial score (nSPS) is 11.3. The molecule has 1 rings (SSSR count). The van der Waals surface area contributed by atoms with Crippen LogP contribution in [-0.2, 0) is 4.84 Å². The van der Waals surface area contributed by atoms with Crippen molar-refractivity contribution in [3.8, 4) is 11.8 Å². The zero-order chi connectivity index (χ0) is 16.5. The highest BCUT2D eigenvalue weighted by Gasteiger charge is 2.07. The van der Waals surface area contributed by atoms with Crippen LogP contribution in [0.25, 0.3) is 0 Å². The minimum Gasteiger partial charge on any atom is -0.382 e. The molecule has 4 heteroatoms. The van der Waals surface area contributed by atoms with Gasteiger partial charge in [-0.05, 0) is 57.9 Å². The molecule has 0 aromatic heterocycles. The first-order valence-electron chi connectivity index (χ1n) is 7.41. The topological polar surface area (TPSA) is 37.2 Å². The fraction of sp³-hybridized carbons (Fsp3) is 0.444. The largest absolute Gasteiger partial charge is 0.382 e. The maximum Gasteiger partial charge on any atom is 0.177 e. The summed E-state index contributed by atoms with van der Waals surface area (Å²) in [5.41, 5.74) is 5.14. The lowest BCUT2D eigenvalue weighted by Crippen LogP contribution is -2.14. The van der Waals surface area contributed by atoms with Crippen LogP contribution >= 0.6 is 0 Å². The maximum atomic E-state index is 5.19. The Hall–Kier alpha value is -2.28. The Morgan fingerprint density at radius 3 is 2.68 bits per heavy atom. The van der Waals surface area contributed by atoms with Crippen molar-refractivity contribution in [3.05, 3.63) is 28.8 Å². The summed E-state index contributed by atoms with van der Waals surface area (Å²) in [6.07, 6.45) is 1.86. The summed E-state index contributed by atoms with van der Waals surface area (Å²) in [4.78, 5) is 11.8. The average molecular weight is 299 g/mol. The van der Waals surface area contributed by atoms with E-state index in [1.165, 1.54) is 0 Å².